The fourth-order valence-electron chi connectivity index (χ4n) is 4.38. The number of carbonyl (C=O) groups is 2. The van der Waals surface area contributed by atoms with E-state index in [1.807, 2.05) is 37.3 Å². The van der Waals surface area contributed by atoms with E-state index >= 15 is 0 Å². The number of halogens is 1. The summed E-state index contributed by atoms with van der Waals surface area (Å²) in [5.41, 5.74) is 3.73. The maximum absolute atomic E-state index is 13.4. The minimum atomic E-state index is -0.425. The summed E-state index contributed by atoms with van der Waals surface area (Å²) < 4.78 is 0.909. The number of aromatic nitrogens is 1. The Morgan fingerprint density at radius 3 is 2.70 bits per heavy atom. The van der Waals surface area contributed by atoms with Gasteiger partial charge in [0.15, 0.2) is 5.78 Å². The SMILES string of the molecule is CC1=C(C(=O)Nc2ccccn2)C(c2cccc(Br)c2)C2=C(CC(C)(C)CC2=O)N1. The highest BCUT2D eigenvalue weighted by molar-refractivity contribution is 9.10. The molecule has 2 aliphatic rings. The van der Waals surface area contributed by atoms with Crippen LogP contribution < -0.4 is 10.6 Å². The molecular formula is C24H24BrN3O2. The number of hydrogen-bond acceptors (Lipinski definition) is 4. The minimum Gasteiger partial charge on any atom is -0.362 e. The van der Waals surface area contributed by atoms with Crippen molar-refractivity contribution in [1.82, 2.24) is 10.3 Å². The Morgan fingerprint density at radius 2 is 2.00 bits per heavy atom. The normalized spacial score (nSPS) is 20.5. The lowest BCUT2D eigenvalue weighted by atomic mass is 9.68. The van der Waals surface area contributed by atoms with Gasteiger partial charge in [-0.05, 0) is 48.6 Å². The average Bonchev–Trinajstić information content (AvgIpc) is 2.66. The maximum Gasteiger partial charge on any atom is 0.255 e. The number of amides is 1. The highest BCUT2D eigenvalue weighted by atomic mass is 79.9. The van der Waals surface area contributed by atoms with Gasteiger partial charge in [-0.25, -0.2) is 4.98 Å². The number of nitrogens with one attached hydrogen (secondary N) is 2. The van der Waals surface area contributed by atoms with E-state index < -0.39 is 5.92 Å². The number of pyridine rings is 1. The summed E-state index contributed by atoms with van der Waals surface area (Å²) in [7, 11) is 0. The zero-order chi connectivity index (χ0) is 21.5. The van der Waals surface area contributed by atoms with E-state index in [1.165, 1.54) is 0 Å². The Hall–Kier alpha value is -2.73. The molecule has 0 saturated heterocycles. The fourth-order valence-corrected chi connectivity index (χ4v) is 4.79. The van der Waals surface area contributed by atoms with Gasteiger partial charge in [-0.3, -0.25) is 9.59 Å². The number of hydrogen-bond donors (Lipinski definition) is 2. The second kappa shape index (κ2) is 7.84. The first kappa shape index (κ1) is 20.5. The fraction of sp³-hybridized carbons (Fsp3) is 0.292. The van der Waals surface area contributed by atoms with Crippen LogP contribution in [0.3, 0.4) is 0 Å². The molecule has 1 aromatic heterocycles. The smallest absolute Gasteiger partial charge is 0.255 e. The van der Waals surface area contributed by atoms with Crippen molar-refractivity contribution in [3.8, 4) is 0 Å². The Morgan fingerprint density at radius 1 is 1.20 bits per heavy atom. The van der Waals surface area contributed by atoms with E-state index in [4.69, 9.17) is 0 Å². The van der Waals surface area contributed by atoms with Gasteiger partial charge in [0.1, 0.15) is 5.82 Å². The summed E-state index contributed by atoms with van der Waals surface area (Å²) in [6.45, 7) is 6.10. The van der Waals surface area contributed by atoms with Gasteiger partial charge >= 0.3 is 0 Å². The van der Waals surface area contributed by atoms with Crippen molar-refractivity contribution in [3.63, 3.8) is 0 Å². The molecule has 2 N–H and O–H groups in total. The van der Waals surface area contributed by atoms with Gasteiger partial charge in [0.25, 0.3) is 5.91 Å². The van der Waals surface area contributed by atoms with E-state index in [2.05, 4.69) is 45.4 Å². The number of benzene rings is 1. The Balaban J connectivity index is 1.82. The van der Waals surface area contributed by atoms with Gasteiger partial charge in [-0.1, -0.05) is 48.0 Å². The van der Waals surface area contributed by atoms with Crippen LogP contribution in [0.4, 0.5) is 5.82 Å². The molecule has 0 saturated carbocycles. The molecule has 30 heavy (non-hydrogen) atoms. The van der Waals surface area contributed by atoms with Crippen LogP contribution in [-0.2, 0) is 9.59 Å². The van der Waals surface area contributed by atoms with Gasteiger partial charge < -0.3 is 10.6 Å². The van der Waals surface area contributed by atoms with E-state index in [0.29, 0.717) is 23.4 Å². The number of anilines is 1. The molecular weight excluding hydrogens is 442 g/mol. The molecule has 1 aliphatic carbocycles. The first-order valence-corrected chi connectivity index (χ1v) is 10.8. The van der Waals surface area contributed by atoms with Crippen molar-refractivity contribution in [3.05, 3.63) is 81.2 Å². The summed E-state index contributed by atoms with van der Waals surface area (Å²) in [5, 5.41) is 6.27. The van der Waals surface area contributed by atoms with Crippen molar-refractivity contribution in [2.45, 2.75) is 39.5 Å². The summed E-state index contributed by atoms with van der Waals surface area (Å²) in [6.07, 6.45) is 2.87. The monoisotopic (exact) mass is 465 g/mol. The molecule has 0 spiro atoms. The van der Waals surface area contributed by atoms with Crippen molar-refractivity contribution < 1.29 is 9.59 Å². The van der Waals surface area contributed by atoms with Crippen LogP contribution in [0.15, 0.2) is 75.7 Å². The molecule has 2 aromatic rings. The minimum absolute atomic E-state index is 0.0920. The number of Topliss-reactive ketones (excluding diaryl/α,β-unsaturated/α-hetero) is 1. The molecule has 1 aromatic carbocycles. The van der Waals surface area contributed by atoms with Gasteiger partial charge in [0.05, 0.1) is 0 Å². The number of carbonyl (C=O) groups excluding carboxylic acids is 2. The van der Waals surface area contributed by atoms with Crippen LogP contribution in [0.5, 0.6) is 0 Å². The van der Waals surface area contributed by atoms with Crippen LogP contribution in [0.1, 0.15) is 45.1 Å². The summed E-state index contributed by atoms with van der Waals surface area (Å²) in [5.74, 6) is -0.111. The molecule has 5 nitrogen and oxygen atoms in total. The number of ketones is 1. The van der Waals surface area contributed by atoms with Crippen LogP contribution in [0, 0.1) is 5.41 Å². The maximum atomic E-state index is 13.4. The Labute approximate surface area is 184 Å². The standard InChI is InChI=1S/C24H24BrN3O2/c1-14-20(23(30)28-19-9-4-5-10-26-19)21(15-7-6-8-16(25)11-15)22-17(27-14)12-24(2,3)13-18(22)29/h4-11,21,27H,12-13H2,1-3H3,(H,26,28,30). The Kier molecular flexibility index (Phi) is 5.36. The second-order valence-electron chi connectivity index (χ2n) is 8.65. The largest absolute Gasteiger partial charge is 0.362 e. The first-order chi connectivity index (χ1) is 14.2. The molecule has 0 radical (unpaired) electrons. The highest BCUT2D eigenvalue weighted by Crippen LogP contribution is 2.46. The number of rotatable bonds is 3. The highest BCUT2D eigenvalue weighted by Gasteiger charge is 2.42. The van der Waals surface area contributed by atoms with Crippen molar-refractivity contribution >= 4 is 33.4 Å². The van der Waals surface area contributed by atoms with Crippen LogP contribution >= 0.6 is 15.9 Å². The molecule has 6 heteroatoms. The van der Waals surface area contributed by atoms with Crippen molar-refractivity contribution in [1.29, 1.82) is 0 Å². The summed E-state index contributed by atoms with van der Waals surface area (Å²) in [4.78, 5) is 30.8. The molecule has 4 rings (SSSR count). The molecule has 1 amide bonds. The number of nitrogens with zero attached hydrogens (tertiary/aromatic N) is 1. The van der Waals surface area contributed by atoms with Gasteiger partial charge in [-0.15, -0.1) is 0 Å². The summed E-state index contributed by atoms with van der Waals surface area (Å²) >= 11 is 3.53. The molecule has 1 aliphatic heterocycles. The molecule has 154 valence electrons. The lowest BCUT2D eigenvalue weighted by molar-refractivity contribution is -0.118. The quantitative estimate of drug-likeness (QED) is 0.662. The third-order valence-corrected chi connectivity index (χ3v) is 6.07. The van der Waals surface area contributed by atoms with Gasteiger partial charge in [0.2, 0.25) is 0 Å². The topological polar surface area (TPSA) is 71.1 Å². The van der Waals surface area contributed by atoms with Crippen molar-refractivity contribution in [2.24, 2.45) is 5.41 Å². The van der Waals surface area contributed by atoms with Gasteiger partial charge in [0, 0.05) is 45.5 Å². The summed E-state index contributed by atoms with van der Waals surface area (Å²) in [6, 6.07) is 13.2. The van der Waals surface area contributed by atoms with E-state index in [9.17, 15) is 9.59 Å². The zero-order valence-electron chi connectivity index (χ0n) is 17.3. The Bertz CT molecular complexity index is 1090. The van der Waals surface area contributed by atoms with Gasteiger partial charge in [-0.2, -0.15) is 0 Å². The van der Waals surface area contributed by atoms with Crippen LogP contribution in [0.25, 0.3) is 0 Å². The van der Waals surface area contributed by atoms with E-state index in [0.717, 1.165) is 27.9 Å². The lowest BCUT2D eigenvalue weighted by Gasteiger charge is -2.39. The zero-order valence-corrected chi connectivity index (χ0v) is 18.8. The van der Waals surface area contributed by atoms with Crippen molar-refractivity contribution in [2.75, 3.05) is 5.32 Å². The van der Waals surface area contributed by atoms with E-state index in [-0.39, 0.29) is 17.1 Å². The predicted octanol–water partition coefficient (Wildman–Crippen LogP) is 5.09. The van der Waals surface area contributed by atoms with Crippen LogP contribution in [0.2, 0.25) is 0 Å². The predicted molar refractivity (Wildman–Crippen MR) is 121 cm³/mol. The molecule has 0 bridgehead atoms. The molecule has 1 atom stereocenters. The lowest BCUT2D eigenvalue weighted by Crippen LogP contribution is -2.39. The van der Waals surface area contributed by atoms with E-state index in [1.54, 1.807) is 18.3 Å². The second-order valence-corrected chi connectivity index (χ2v) is 9.57. The molecule has 1 unspecified atom stereocenters. The molecule has 2 heterocycles. The molecule has 0 fully saturated rings. The number of allylic oxidation sites excluding steroid dienone is 3. The third-order valence-electron chi connectivity index (χ3n) is 5.57. The first-order valence-electron chi connectivity index (χ1n) is 9.97. The van der Waals surface area contributed by atoms with Crippen LogP contribution in [-0.4, -0.2) is 16.7 Å². The number of dihydropyridines is 1. The average molecular weight is 466 g/mol. The third kappa shape index (κ3) is 3.97.